The second kappa shape index (κ2) is 12.0. The van der Waals surface area contributed by atoms with Crippen LogP contribution >= 0.6 is 0 Å². The van der Waals surface area contributed by atoms with Crippen LogP contribution in [0, 0.1) is 0 Å². The van der Waals surface area contributed by atoms with E-state index < -0.39 is 0 Å². The standard InChI is InChI=1S/C26H32N2O4/c1-32-21-17-15-20(16-18-21)27-24(29)14-8-6-4-2-3-5-7-11-19-28-25(30)22-12-9-10-13-23(22)26(28)31/h9-10,12-13,15-18H,2-8,11,14,19H2,1H3,(H,27,29). The van der Waals surface area contributed by atoms with Gasteiger partial charge in [0.25, 0.3) is 11.8 Å². The van der Waals surface area contributed by atoms with E-state index in [1.807, 2.05) is 24.3 Å². The quantitative estimate of drug-likeness (QED) is 0.335. The van der Waals surface area contributed by atoms with Crippen LogP contribution in [0.15, 0.2) is 48.5 Å². The Morgan fingerprint density at radius 2 is 1.31 bits per heavy atom. The molecule has 1 aliphatic heterocycles. The van der Waals surface area contributed by atoms with Crippen molar-refractivity contribution in [2.75, 3.05) is 19.0 Å². The SMILES string of the molecule is COc1ccc(NC(=O)CCCCCCCCCCN2C(=O)c3ccccc3C2=O)cc1. The van der Waals surface area contributed by atoms with Gasteiger partial charge in [-0.1, -0.05) is 50.7 Å². The van der Waals surface area contributed by atoms with Crippen molar-refractivity contribution in [1.29, 1.82) is 0 Å². The number of unbranched alkanes of at least 4 members (excludes halogenated alkanes) is 7. The zero-order valence-corrected chi connectivity index (χ0v) is 18.8. The molecule has 0 aromatic heterocycles. The summed E-state index contributed by atoms with van der Waals surface area (Å²) in [4.78, 5) is 38.0. The van der Waals surface area contributed by atoms with E-state index in [0.29, 0.717) is 24.1 Å². The maximum atomic E-state index is 12.3. The number of carbonyl (C=O) groups excluding carboxylic acids is 3. The number of imide groups is 1. The molecule has 3 rings (SSSR count). The highest BCUT2D eigenvalue weighted by Crippen LogP contribution is 2.23. The summed E-state index contributed by atoms with van der Waals surface area (Å²) >= 11 is 0. The van der Waals surface area contributed by atoms with E-state index in [1.165, 1.54) is 4.90 Å². The molecular formula is C26H32N2O4. The van der Waals surface area contributed by atoms with Crippen molar-refractivity contribution in [1.82, 2.24) is 4.90 Å². The van der Waals surface area contributed by atoms with Crippen LogP contribution in [-0.4, -0.2) is 36.3 Å². The lowest BCUT2D eigenvalue weighted by Gasteiger charge is -2.13. The summed E-state index contributed by atoms with van der Waals surface area (Å²) in [5.41, 5.74) is 1.84. The first-order valence-electron chi connectivity index (χ1n) is 11.5. The average molecular weight is 437 g/mol. The molecule has 0 fully saturated rings. The minimum absolute atomic E-state index is 0.0447. The van der Waals surface area contributed by atoms with Crippen LogP contribution in [0.2, 0.25) is 0 Å². The number of benzene rings is 2. The highest BCUT2D eigenvalue weighted by Gasteiger charge is 2.34. The minimum Gasteiger partial charge on any atom is -0.497 e. The molecule has 0 atom stereocenters. The fraction of sp³-hybridized carbons (Fsp3) is 0.423. The van der Waals surface area contributed by atoms with Crippen molar-refractivity contribution in [3.63, 3.8) is 0 Å². The maximum Gasteiger partial charge on any atom is 0.261 e. The molecule has 6 heteroatoms. The number of ether oxygens (including phenoxy) is 1. The van der Waals surface area contributed by atoms with Crippen LogP contribution in [-0.2, 0) is 4.79 Å². The molecule has 1 heterocycles. The normalized spacial score (nSPS) is 12.7. The van der Waals surface area contributed by atoms with Crippen LogP contribution in [0.1, 0.15) is 78.5 Å². The molecule has 1 aliphatic rings. The van der Waals surface area contributed by atoms with Gasteiger partial charge in [-0.05, 0) is 49.2 Å². The molecule has 0 spiro atoms. The third-order valence-corrected chi connectivity index (χ3v) is 5.79. The number of nitrogens with zero attached hydrogens (tertiary/aromatic N) is 1. The third-order valence-electron chi connectivity index (χ3n) is 5.79. The summed E-state index contributed by atoms with van der Waals surface area (Å²) < 4.78 is 5.11. The number of carbonyl (C=O) groups is 3. The first-order valence-corrected chi connectivity index (χ1v) is 11.5. The number of nitrogens with one attached hydrogen (secondary N) is 1. The van der Waals surface area contributed by atoms with E-state index in [9.17, 15) is 14.4 Å². The van der Waals surface area contributed by atoms with Crippen LogP contribution in [0.25, 0.3) is 0 Å². The number of anilines is 1. The van der Waals surface area contributed by atoms with E-state index in [4.69, 9.17) is 4.74 Å². The highest BCUT2D eigenvalue weighted by atomic mass is 16.5. The van der Waals surface area contributed by atoms with Gasteiger partial charge in [0.2, 0.25) is 5.91 Å². The molecule has 170 valence electrons. The summed E-state index contributed by atoms with van der Waals surface area (Å²) in [7, 11) is 1.62. The molecule has 2 aromatic rings. The Morgan fingerprint density at radius 1 is 0.781 bits per heavy atom. The fourth-order valence-electron chi connectivity index (χ4n) is 3.96. The summed E-state index contributed by atoms with van der Waals surface area (Å²) in [5, 5.41) is 2.91. The number of fused-ring (bicyclic) bond motifs is 1. The van der Waals surface area contributed by atoms with E-state index in [2.05, 4.69) is 5.32 Å². The van der Waals surface area contributed by atoms with Gasteiger partial charge in [-0.3, -0.25) is 19.3 Å². The van der Waals surface area contributed by atoms with E-state index in [-0.39, 0.29) is 17.7 Å². The zero-order chi connectivity index (χ0) is 22.8. The molecule has 0 bridgehead atoms. The molecule has 2 aromatic carbocycles. The van der Waals surface area contributed by atoms with Crippen LogP contribution in [0.5, 0.6) is 5.75 Å². The molecule has 32 heavy (non-hydrogen) atoms. The zero-order valence-electron chi connectivity index (χ0n) is 18.8. The smallest absolute Gasteiger partial charge is 0.261 e. The largest absolute Gasteiger partial charge is 0.497 e. The van der Waals surface area contributed by atoms with Gasteiger partial charge in [-0.15, -0.1) is 0 Å². The van der Waals surface area contributed by atoms with Crippen LogP contribution in [0.3, 0.4) is 0 Å². The van der Waals surface area contributed by atoms with Gasteiger partial charge in [0, 0.05) is 18.7 Å². The second-order valence-electron chi connectivity index (χ2n) is 8.16. The van der Waals surface area contributed by atoms with Crippen LogP contribution < -0.4 is 10.1 Å². The summed E-state index contributed by atoms with van der Waals surface area (Å²) in [6, 6.07) is 14.4. The summed E-state index contributed by atoms with van der Waals surface area (Å²) in [5.74, 6) is 0.484. The van der Waals surface area contributed by atoms with Gasteiger partial charge in [0.05, 0.1) is 18.2 Å². The number of hydrogen-bond acceptors (Lipinski definition) is 4. The lowest BCUT2D eigenvalue weighted by molar-refractivity contribution is -0.116. The van der Waals surface area contributed by atoms with Gasteiger partial charge in [0.15, 0.2) is 0 Å². The van der Waals surface area contributed by atoms with Crippen LogP contribution in [0.4, 0.5) is 5.69 Å². The first kappa shape index (κ1) is 23.5. The lowest BCUT2D eigenvalue weighted by Crippen LogP contribution is -2.30. The van der Waals surface area contributed by atoms with Gasteiger partial charge in [0.1, 0.15) is 5.75 Å². The number of amides is 3. The van der Waals surface area contributed by atoms with Crippen molar-refractivity contribution in [3.8, 4) is 5.75 Å². The van der Waals surface area contributed by atoms with Crippen molar-refractivity contribution in [2.45, 2.75) is 57.8 Å². The Hall–Kier alpha value is -3.15. The van der Waals surface area contributed by atoms with Gasteiger partial charge in [-0.25, -0.2) is 0 Å². The van der Waals surface area contributed by atoms with Crippen molar-refractivity contribution in [3.05, 3.63) is 59.7 Å². The van der Waals surface area contributed by atoms with Crippen molar-refractivity contribution in [2.24, 2.45) is 0 Å². The monoisotopic (exact) mass is 436 g/mol. The topological polar surface area (TPSA) is 75.7 Å². The minimum atomic E-state index is -0.165. The third kappa shape index (κ3) is 6.42. The molecule has 0 unspecified atom stereocenters. The van der Waals surface area contributed by atoms with E-state index in [1.54, 1.807) is 31.4 Å². The van der Waals surface area contributed by atoms with E-state index in [0.717, 1.165) is 62.8 Å². The van der Waals surface area contributed by atoms with Gasteiger partial charge < -0.3 is 10.1 Å². The van der Waals surface area contributed by atoms with Crippen molar-refractivity contribution >= 4 is 23.4 Å². The highest BCUT2D eigenvalue weighted by molar-refractivity contribution is 6.21. The number of methoxy groups -OCH3 is 1. The molecule has 0 radical (unpaired) electrons. The molecule has 3 amide bonds. The number of hydrogen-bond donors (Lipinski definition) is 1. The Morgan fingerprint density at radius 3 is 1.88 bits per heavy atom. The lowest BCUT2D eigenvalue weighted by atomic mass is 10.1. The molecular weight excluding hydrogens is 404 g/mol. The Balaban J connectivity index is 1.18. The maximum absolute atomic E-state index is 12.3. The Labute approximate surface area is 189 Å². The molecule has 0 saturated heterocycles. The predicted molar refractivity (Wildman–Crippen MR) is 125 cm³/mol. The number of rotatable bonds is 13. The Bertz CT molecular complexity index is 889. The fourth-order valence-corrected chi connectivity index (χ4v) is 3.96. The molecule has 0 aliphatic carbocycles. The second-order valence-corrected chi connectivity index (χ2v) is 8.16. The molecule has 0 saturated carbocycles. The van der Waals surface area contributed by atoms with Crippen molar-refractivity contribution < 1.29 is 19.1 Å². The van der Waals surface area contributed by atoms with E-state index >= 15 is 0 Å². The first-order chi connectivity index (χ1) is 15.6. The summed E-state index contributed by atoms with van der Waals surface area (Å²) in [6.07, 6.45) is 8.83. The molecule has 6 nitrogen and oxygen atoms in total. The average Bonchev–Trinajstić information content (AvgIpc) is 3.05. The summed E-state index contributed by atoms with van der Waals surface area (Å²) in [6.45, 7) is 0.496. The van der Waals surface area contributed by atoms with Gasteiger partial charge in [-0.2, -0.15) is 0 Å². The molecule has 1 N–H and O–H groups in total. The Kier molecular flexibility index (Phi) is 8.84. The van der Waals surface area contributed by atoms with Gasteiger partial charge >= 0.3 is 0 Å². The predicted octanol–water partition coefficient (Wildman–Crippen LogP) is 5.44.